The third kappa shape index (κ3) is 3.77. The van der Waals surface area contributed by atoms with Crippen molar-refractivity contribution in [3.63, 3.8) is 0 Å². The summed E-state index contributed by atoms with van der Waals surface area (Å²) in [6, 6.07) is 12.2. The van der Waals surface area contributed by atoms with E-state index in [9.17, 15) is 9.90 Å². The van der Waals surface area contributed by atoms with Crippen LogP contribution in [0.15, 0.2) is 42.6 Å². The number of hydrogen-bond acceptors (Lipinski definition) is 4. The van der Waals surface area contributed by atoms with Crippen molar-refractivity contribution in [2.45, 2.75) is 44.8 Å². The first kappa shape index (κ1) is 15.7. The molecule has 2 aromatic rings. The molecule has 1 aliphatic heterocycles. The summed E-state index contributed by atoms with van der Waals surface area (Å²) >= 11 is 0. The monoisotopic (exact) mass is 311 g/mol. The van der Waals surface area contributed by atoms with Crippen LogP contribution in [0.25, 0.3) is 11.1 Å². The van der Waals surface area contributed by atoms with Crippen LogP contribution in [0.5, 0.6) is 0 Å². The standard InChI is InChI=1S/C19H21NO3/c1-13-17(8-7-16-11-15(21)12-19(22)23-16)18(9-10-20-13)14-5-3-2-4-6-14/h2-6,9-10,15-16,21H,7-8,11-12H2,1H3/t15-,16-/m0/s1. The number of aliphatic hydroxyl groups excluding tert-OH is 1. The van der Waals surface area contributed by atoms with Gasteiger partial charge in [0.2, 0.25) is 0 Å². The number of nitrogens with zero attached hydrogens (tertiary/aromatic N) is 1. The summed E-state index contributed by atoms with van der Waals surface area (Å²) in [6.45, 7) is 2.00. The van der Waals surface area contributed by atoms with Gasteiger partial charge in [-0.15, -0.1) is 0 Å². The van der Waals surface area contributed by atoms with E-state index in [2.05, 4.69) is 17.1 Å². The molecule has 3 rings (SSSR count). The first-order chi connectivity index (χ1) is 11.1. The number of ether oxygens (including phenoxy) is 1. The molecule has 0 aliphatic carbocycles. The molecule has 1 N–H and O–H groups in total. The van der Waals surface area contributed by atoms with E-state index in [1.165, 1.54) is 11.1 Å². The largest absolute Gasteiger partial charge is 0.462 e. The summed E-state index contributed by atoms with van der Waals surface area (Å²) in [5, 5.41) is 9.72. The van der Waals surface area contributed by atoms with Crippen LogP contribution in [0.4, 0.5) is 0 Å². The van der Waals surface area contributed by atoms with Crippen molar-refractivity contribution in [2.75, 3.05) is 0 Å². The van der Waals surface area contributed by atoms with Crippen LogP contribution in [0.1, 0.15) is 30.5 Å². The topological polar surface area (TPSA) is 59.4 Å². The summed E-state index contributed by atoms with van der Waals surface area (Å²) in [6.07, 6.45) is 3.14. The second kappa shape index (κ2) is 6.92. The number of benzene rings is 1. The smallest absolute Gasteiger partial charge is 0.308 e. The molecular weight excluding hydrogens is 290 g/mol. The third-order valence-electron chi connectivity index (χ3n) is 4.31. The van der Waals surface area contributed by atoms with E-state index in [1.807, 2.05) is 37.4 Å². The van der Waals surface area contributed by atoms with E-state index in [4.69, 9.17) is 4.74 Å². The maximum Gasteiger partial charge on any atom is 0.308 e. The van der Waals surface area contributed by atoms with Crippen LogP contribution in [0.2, 0.25) is 0 Å². The first-order valence-electron chi connectivity index (χ1n) is 8.01. The van der Waals surface area contributed by atoms with Crippen molar-refractivity contribution in [1.82, 2.24) is 4.98 Å². The molecule has 2 heterocycles. The fourth-order valence-electron chi connectivity index (χ4n) is 3.14. The Morgan fingerprint density at radius 2 is 2.04 bits per heavy atom. The molecule has 0 unspecified atom stereocenters. The van der Waals surface area contributed by atoms with Gasteiger partial charge in [0.25, 0.3) is 0 Å². The molecule has 0 saturated carbocycles. The van der Waals surface area contributed by atoms with Crippen molar-refractivity contribution >= 4 is 5.97 Å². The summed E-state index contributed by atoms with van der Waals surface area (Å²) in [7, 11) is 0. The molecule has 4 nitrogen and oxygen atoms in total. The number of aliphatic hydroxyl groups is 1. The SMILES string of the molecule is Cc1nccc(-c2ccccc2)c1CC[C@H]1C[C@H](O)CC(=O)O1. The van der Waals surface area contributed by atoms with Crippen LogP contribution in [-0.2, 0) is 16.0 Å². The Balaban J connectivity index is 1.79. The molecule has 1 saturated heterocycles. The van der Waals surface area contributed by atoms with Crippen molar-refractivity contribution < 1.29 is 14.6 Å². The minimum absolute atomic E-state index is 0.109. The normalized spacial score (nSPS) is 21.0. The van der Waals surface area contributed by atoms with Crippen molar-refractivity contribution in [1.29, 1.82) is 0 Å². The van der Waals surface area contributed by atoms with E-state index in [0.29, 0.717) is 12.8 Å². The molecule has 120 valence electrons. The fourth-order valence-corrected chi connectivity index (χ4v) is 3.14. The van der Waals surface area contributed by atoms with Gasteiger partial charge in [-0.3, -0.25) is 9.78 Å². The molecular formula is C19H21NO3. The van der Waals surface area contributed by atoms with Crippen molar-refractivity contribution in [3.05, 3.63) is 53.9 Å². The predicted octanol–water partition coefficient (Wildman–Crippen LogP) is 3.06. The van der Waals surface area contributed by atoms with E-state index >= 15 is 0 Å². The minimum Gasteiger partial charge on any atom is -0.462 e. The van der Waals surface area contributed by atoms with E-state index < -0.39 is 6.10 Å². The molecule has 0 amide bonds. The van der Waals surface area contributed by atoms with Gasteiger partial charge in [0.15, 0.2) is 0 Å². The zero-order valence-electron chi connectivity index (χ0n) is 13.2. The lowest BCUT2D eigenvalue weighted by molar-refractivity contribution is -0.160. The van der Waals surface area contributed by atoms with Crippen LogP contribution in [-0.4, -0.2) is 28.3 Å². The molecule has 1 fully saturated rings. The van der Waals surface area contributed by atoms with Gasteiger partial charge < -0.3 is 9.84 Å². The van der Waals surface area contributed by atoms with Crippen molar-refractivity contribution in [3.8, 4) is 11.1 Å². The first-order valence-corrected chi connectivity index (χ1v) is 8.01. The average Bonchev–Trinajstić information content (AvgIpc) is 2.53. The lowest BCUT2D eigenvalue weighted by Gasteiger charge is -2.26. The maximum atomic E-state index is 11.5. The Morgan fingerprint density at radius 1 is 1.26 bits per heavy atom. The average molecular weight is 311 g/mol. The second-order valence-corrected chi connectivity index (χ2v) is 6.03. The molecule has 0 radical (unpaired) electrons. The second-order valence-electron chi connectivity index (χ2n) is 6.03. The van der Waals surface area contributed by atoms with Crippen LogP contribution < -0.4 is 0 Å². The van der Waals surface area contributed by atoms with Gasteiger partial charge in [-0.2, -0.15) is 0 Å². The maximum absolute atomic E-state index is 11.5. The number of cyclic esters (lactones) is 1. The molecule has 2 atom stereocenters. The number of hydrogen-bond donors (Lipinski definition) is 1. The number of esters is 1. The summed E-state index contributed by atoms with van der Waals surface area (Å²) in [5.74, 6) is -0.306. The van der Waals surface area contributed by atoms with Crippen LogP contribution in [0, 0.1) is 6.92 Å². The van der Waals surface area contributed by atoms with Crippen LogP contribution >= 0.6 is 0 Å². The Bertz CT molecular complexity index is 684. The fraction of sp³-hybridized carbons (Fsp3) is 0.368. The number of aryl methyl sites for hydroxylation is 1. The highest BCUT2D eigenvalue weighted by molar-refractivity contribution is 5.71. The Morgan fingerprint density at radius 3 is 2.78 bits per heavy atom. The molecule has 1 aliphatic rings. The lowest BCUT2D eigenvalue weighted by atomic mass is 9.93. The van der Waals surface area contributed by atoms with E-state index in [1.54, 1.807) is 0 Å². The number of rotatable bonds is 4. The quantitative estimate of drug-likeness (QED) is 0.882. The Labute approximate surface area is 136 Å². The predicted molar refractivity (Wildman–Crippen MR) is 87.9 cm³/mol. The summed E-state index contributed by atoms with van der Waals surface area (Å²) < 4.78 is 5.34. The van der Waals surface area contributed by atoms with Gasteiger partial charge in [-0.05, 0) is 42.5 Å². The number of pyridine rings is 1. The van der Waals surface area contributed by atoms with Gasteiger partial charge in [0, 0.05) is 18.3 Å². The minimum atomic E-state index is -0.579. The lowest BCUT2D eigenvalue weighted by Crippen LogP contribution is -2.32. The zero-order chi connectivity index (χ0) is 16.2. The highest BCUT2D eigenvalue weighted by Crippen LogP contribution is 2.28. The molecule has 1 aromatic carbocycles. The molecule has 0 bridgehead atoms. The molecule has 1 aromatic heterocycles. The van der Waals surface area contributed by atoms with Gasteiger partial charge in [0.05, 0.1) is 12.5 Å². The van der Waals surface area contributed by atoms with Gasteiger partial charge in [0.1, 0.15) is 6.10 Å². The number of carbonyl (C=O) groups is 1. The highest BCUT2D eigenvalue weighted by Gasteiger charge is 2.27. The number of carbonyl (C=O) groups excluding carboxylic acids is 1. The van der Waals surface area contributed by atoms with Crippen molar-refractivity contribution in [2.24, 2.45) is 0 Å². The summed E-state index contributed by atoms with van der Waals surface area (Å²) in [5.41, 5.74) is 4.50. The highest BCUT2D eigenvalue weighted by atomic mass is 16.5. The van der Waals surface area contributed by atoms with Gasteiger partial charge in [-0.1, -0.05) is 30.3 Å². The molecule has 4 heteroatoms. The molecule has 23 heavy (non-hydrogen) atoms. The van der Waals surface area contributed by atoms with E-state index in [-0.39, 0.29) is 18.5 Å². The number of aromatic nitrogens is 1. The van der Waals surface area contributed by atoms with Gasteiger partial charge >= 0.3 is 5.97 Å². The Hall–Kier alpha value is -2.20. The van der Waals surface area contributed by atoms with Gasteiger partial charge in [-0.25, -0.2) is 0 Å². The van der Waals surface area contributed by atoms with Crippen LogP contribution in [0.3, 0.4) is 0 Å². The zero-order valence-corrected chi connectivity index (χ0v) is 13.2. The summed E-state index contributed by atoms with van der Waals surface area (Å²) in [4.78, 5) is 15.9. The molecule has 0 spiro atoms. The third-order valence-corrected chi connectivity index (χ3v) is 4.31. The van der Waals surface area contributed by atoms with E-state index in [0.717, 1.165) is 17.7 Å². The Kier molecular flexibility index (Phi) is 4.72.